The molecule has 0 aromatic carbocycles. The number of hydrogen-bond acceptors (Lipinski definition) is 3. The van der Waals surface area contributed by atoms with Gasteiger partial charge in [0, 0.05) is 32.6 Å². The maximum atomic E-state index is 12.9. The summed E-state index contributed by atoms with van der Waals surface area (Å²) in [6, 6.07) is 0. The fraction of sp³-hybridized carbons (Fsp3) is 0.895. The topological polar surface area (TPSA) is 49.9 Å². The lowest BCUT2D eigenvalue weighted by Crippen LogP contribution is -2.53. The Labute approximate surface area is 144 Å². The van der Waals surface area contributed by atoms with Gasteiger partial charge in [0.15, 0.2) is 0 Å². The van der Waals surface area contributed by atoms with Crippen LogP contribution in [0.25, 0.3) is 0 Å². The Morgan fingerprint density at radius 3 is 1.92 bits per heavy atom. The summed E-state index contributed by atoms with van der Waals surface area (Å²) in [5.41, 5.74) is 0.310. The van der Waals surface area contributed by atoms with Gasteiger partial charge >= 0.3 is 6.09 Å². The molecule has 0 unspecified atom stereocenters. The second-order valence-corrected chi connectivity index (χ2v) is 8.66. The van der Waals surface area contributed by atoms with Crippen molar-refractivity contribution in [3.63, 3.8) is 0 Å². The molecule has 0 aromatic rings. The number of amides is 2. The van der Waals surface area contributed by atoms with E-state index in [1.165, 1.54) is 38.5 Å². The minimum atomic E-state index is -0.245. The first-order valence-electron chi connectivity index (χ1n) is 9.76. The van der Waals surface area contributed by atoms with Gasteiger partial charge in [0.2, 0.25) is 5.91 Å². The van der Waals surface area contributed by atoms with Crippen LogP contribution in [0.2, 0.25) is 0 Å². The van der Waals surface area contributed by atoms with Crippen LogP contribution in [0, 0.1) is 23.2 Å². The van der Waals surface area contributed by atoms with E-state index in [4.69, 9.17) is 4.74 Å². The minimum Gasteiger partial charge on any atom is -0.450 e. The van der Waals surface area contributed by atoms with E-state index >= 15 is 0 Å². The predicted molar refractivity (Wildman–Crippen MR) is 90.4 cm³/mol. The van der Waals surface area contributed by atoms with Gasteiger partial charge in [-0.1, -0.05) is 0 Å². The zero-order valence-corrected chi connectivity index (χ0v) is 14.8. The van der Waals surface area contributed by atoms with E-state index in [0.29, 0.717) is 44.1 Å². The average Bonchev–Trinajstić information content (AvgIpc) is 2.53. The van der Waals surface area contributed by atoms with Crippen molar-refractivity contribution >= 4 is 12.0 Å². The SMILES string of the molecule is CCOC(=O)N1CCN(C(=O)CC23CC4CC(CC(C4)C2)C3)CC1. The lowest BCUT2D eigenvalue weighted by molar-refractivity contribution is -0.141. The van der Waals surface area contributed by atoms with Gasteiger partial charge in [-0.25, -0.2) is 4.79 Å². The van der Waals surface area contributed by atoms with Crippen LogP contribution in [-0.4, -0.2) is 54.6 Å². The third-order valence-electron chi connectivity index (χ3n) is 6.85. The fourth-order valence-corrected chi connectivity index (χ4v) is 6.29. The summed E-state index contributed by atoms with van der Waals surface area (Å²) in [6.45, 7) is 4.75. The smallest absolute Gasteiger partial charge is 0.409 e. The second-order valence-electron chi connectivity index (χ2n) is 8.66. The third kappa shape index (κ3) is 3.02. The Morgan fingerprint density at radius 2 is 1.42 bits per heavy atom. The lowest BCUT2D eigenvalue weighted by atomic mass is 9.49. The molecular formula is C19H30N2O3. The molecule has 4 bridgehead atoms. The van der Waals surface area contributed by atoms with E-state index < -0.39 is 0 Å². The van der Waals surface area contributed by atoms with Gasteiger partial charge in [0.25, 0.3) is 0 Å². The molecule has 24 heavy (non-hydrogen) atoms. The molecule has 0 atom stereocenters. The summed E-state index contributed by atoms with van der Waals surface area (Å²) in [4.78, 5) is 28.4. The summed E-state index contributed by atoms with van der Waals surface area (Å²) < 4.78 is 5.05. The first-order valence-corrected chi connectivity index (χ1v) is 9.76. The van der Waals surface area contributed by atoms with Crippen molar-refractivity contribution in [2.24, 2.45) is 23.2 Å². The number of carbonyl (C=O) groups excluding carboxylic acids is 2. The maximum absolute atomic E-state index is 12.9. The first-order chi connectivity index (χ1) is 11.6. The van der Waals surface area contributed by atoms with Crippen molar-refractivity contribution in [2.45, 2.75) is 51.9 Å². The number of hydrogen-bond donors (Lipinski definition) is 0. The third-order valence-corrected chi connectivity index (χ3v) is 6.85. The molecule has 134 valence electrons. The van der Waals surface area contributed by atoms with Gasteiger partial charge < -0.3 is 14.5 Å². The summed E-state index contributed by atoms with van der Waals surface area (Å²) in [7, 11) is 0. The molecule has 4 aliphatic carbocycles. The van der Waals surface area contributed by atoms with Crippen LogP contribution in [0.4, 0.5) is 4.79 Å². The van der Waals surface area contributed by atoms with Crippen LogP contribution < -0.4 is 0 Å². The highest BCUT2D eigenvalue weighted by Gasteiger charge is 2.51. The molecule has 5 rings (SSSR count). The van der Waals surface area contributed by atoms with Gasteiger partial charge in [0.1, 0.15) is 0 Å². The van der Waals surface area contributed by atoms with Crippen molar-refractivity contribution in [1.82, 2.24) is 9.80 Å². The van der Waals surface area contributed by atoms with Crippen LogP contribution in [0.1, 0.15) is 51.9 Å². The van der Waals surface area contributed by atoms with E-state index in [0.717, 1.165) is 24.2 Å². The predicted octanol–water partition coefficient (Wildman–Crippen LogP) is 2.89. The van der Waals surface area contributed by atoms with Crippen LogP contribution >= 0.6 is 0 Å². The quantitative estimate of drug-likeness (QED) is 0.797. The molecule has 0 aromatic heterocycles. The number of rotatable bonds is 3. The van der Waals surface area contributed by atoms with Crippen LogP contribution in [0.3, 0.4) is 0 Å². The largest absolute Gasteiger partial charge is 0.450 e. The molecular weight excluding hydrogens is 304 g/mol. The van der Waals surface area contributed by atoms with E-state index in [1.54, 1.807) is 4.90 Å². The molecule has 5 nitrogen and oxygen atoms in total. The van der Waals surface area contributed by atoms with Gasteiger partial charge in [-0.3, -0.25) is 4.79 Å². The molecule has 1 saturated heterocycles. The van der Waals surface area contributed by atoms with Crippen molar-refractivity contribution in [1.29, 1.82) is 0 Å². The van der Waals surface area contributed by atoms with Crippen molar-refractivity contribution < 1.29 is 14.3 Å². The van der Waals surface area contributed by atoms with Gasteiger partial charge in [-0.05, 0) is 68.6 Å². The molecule has 4 saturated carbocycles. The van der Waals surface area contributed by atoms with E-state index in [2.05, 4.69) is 0 Å². The van der Waals surface area contributed by atoms with Gasteiger partial charge in [-0.15, -0.1) is 0 Å². The van der Waals surface area contributed by atoms with Crippen molar-refractivity contribution in [3.05, 3.63) is 0 Å². The van der Waals surface area contributed by atoms with Gasteiger partial charge in [-0.2, -0.15) is 0 Å². The molecule has 0 N–H and O–H groups in total. The molecule has 1 heterocycles. The Balaban J connectivity index is 1.32. The Morgan fingerprint density at radius 1 is 0.917 bits per heavy atom. The maximum Gasteiger partial charge on any atom is 0.409 e. The highest BCUT2D eigenvalue weighted by molar-refractivity contribution is 5.77. The Kier molecular flexibility index (Phi) is 4.21. The molecule has 5 heteroatoms. The average molecular weight is 334 g/mol. The summed E-state index contributed by atoms with van der Waals surface area (Å²) in [5, 5.41) is 0. The standard InChI is InChI=1S/C19H30N2O3/c1-2-24-18(23)21-5-3-20(4-6-21)17(22)13-19-10-14-7-15(11-19)9-16(8-14)12-19/h14-16H,2-13H2,1H3. The van der Waals surface area contributed by atoms with Crippen molar-refractivity contribution in [2.75, 3.05) is 32.8 Å². The van der Waals surface area contributed by atoms with Crippen molar-refractivity contribution in [3.8, 4) is 0 Å². The highest BCUT2D eigenvalue weighted by Crippen LogP contribution is 2.61. The highest BCUT2D eigenvalue weighted by atomic mass is 16.6. The fourth-order valence-electron chi connectivity index (χ4n) is 6.29. The monoisotopic (exact) mass is 334 g/mol. The number of carbonyl (C=O) groups is 2. The van der Waals surface area contributed by atoms with Crippen LogP contribution in [-0.2, 0) is 9.53 Å². The first kappa shape index (κ1) is 16.2. The summed E-state index contributed by atoms with van der Waals surface area (Å²) in [6.07, 6.45) is 8.62. The Bertz CT molecular complexity index is 475. The van der Waals surface area contributed by atoms with Gasteiger partial charge in [0.05, 0.1) is 6.61 Å². The molecule has 2 amide bonds. The molecule has 0 radical (unpaired) electrons. The zero-order valence-electron chi connectivity index (χ0n) is 14.8. The molecule has 5 aliphatic rings. The zero-order chi connectivity index (χ0) is 16.7. The summed E-state index contributed by atoms with van der Waals surface area (Å²) in [5.74, 6) is 3.00. The molecule has 1 aliphatic heterocycles. The van der Waals surface area contributed by atoms with Crippen LogP contribution in [0.5, 0.6) is 0 Å². The Hall–Kier alpha value is -1.26. The van der Waals surface area contributed by atoms with E-state index in [1.807, 2.05) is 11.8 Å². The number of piperazine rings is 1. The summed E-state index contributed by atoms with van der Waals surface area (Å²) >= 11 is 0. The van der Waals surface area contributed by atoms with E-state index in [-0.39, 0.29) is 6.09 Å². The minimum absolute atomic E-state index is 0.245. The lowest BCUT2D eigenvalue weighted by Gasteiger charge is -2.57. The molecule has 0 spiro atoms. The normalized spacial score (nSPS) is 37.6. The van der Waals surface area contributed by atoms with Crippen LogP contribution in [0.15, 0.2) is 0 Å². The second kappa shape index (κ2) is 6.23. The number of ether oxygens (including phenoxy) is 1. The number of nitrogens with zero attached hydrogens (tertiary/aromatic N) is 2. The van der Waals surface area contributed by atoms with E-state index in [9.17, 15) is 9.59 Å². The molecule has 5 fully saturated rings.